The van der Waals surface area contributed by atoms with Gasteiger partial charge in [0.25, 0.3) is 0 Å². The number of benzene rings is 2. The van der Waals surface area contributed by atoms with Crippen molar-refractivity contribution in [3.05, 3.63) is 71.2 Å². The fraction of sp³-hybridized carbons (Fsp3) is 0.0556. The number of carbonyl (C=O) groups is 2. The van der Waals surface area contributed by atoms with Crippen LogP contribution in [0, 0.1) is 0 Å². The average Bonchev–Trinajstić information content (AvgIpc) is 2.62. The Kier molecular flexibility index (Phi) is 6.91. The summed E-state index contributed by atoms with van der Waals surface area (Å²) in [6, 6.07) is 14.0. The van der Waals surface area contributed by atoms with Gasteiger partial charge < -0.3 is 10.1 Å². The van der Waals surface area contributed by atoms with Crippen molar-refractivity contribution in [3.63, 3.8) is 0 Å². The molecule has 7 heteroatoms. The van der Waals surface area contributed by atoms with E-state index < -0.39 is 11.8 Å². The van der Waals surface area contributed by atoms with Crippen LogP contribution in [0.4, 0.5) is 5.69 Å². The third kappa shape index (κ3) is 6.23. The van der Waals surface area contributed by atoms with Crippen molar-refractivity contribution in [2.24, 2.45) is 5.10 Å². The average molecular weight is 402 g/mol. The van der Waals surface area contributed by atoms with Gasteiger partial charge in [-0.05, 0) is 54.1 Å². The number of anilines is 1. The summed E-state index contributed by atoms with van der Waals surface area (Å²) >= 11 is 3.29. The molecule has 0 aromatic heterocycles. The van der Waals surface area contributed by atoms with E-state index in [4.69, 9.17) is 4.74 Å². The summed E-state index contributed by atoms with van der Waals surface area (Å²) in [5.74, 6) is -0.951. The zero-order valence-electron chi connectivity index (χ0n) is 13.2. The summed E-state index contributed by atoms with van der Waals surface area (Å²) in [7, 11) is 0. The molecule has 0 saturated carbocycles. The molecule has 0 radical (unpaired) electrons. The van der Waals surface area contributed by atoms with E-state index in [1.54, 1.807) is 54.6 Å². The first-order valence-corrected chi connectivity index (χ1v) is 8.11. The van der Waals surface area contributed by atoms with E-state index in [1.165, 1.54) is 6.21 Å². The van der Waals surface area contributed by atoms with Crippen molar-refractivity contribution in [1.82, 2.24) is 5.43 Å². The van der Waals surface area contributed by atoms with E-state index in [-0.39, 0.29) is 0 Å². The Hall–Kier alpha value is -2.93. The van der Waals surface area contributed by atoms with Gasteiger partial charge in [0.2, 0.25) is 0 Å². The minimum atomic E-state index is -0.856. The molecule has 2 rings (SSSR count). The lowest BCUT2D eigenvalue weighted by atomic mass is 10.2. The Labute approximate surface area is 153 Å². The molecule has 6 nitrogen and oxygen atoms in total. The van der Waals surface area contributed by atoms with Crippen LogP contribution in [0.2, 0.25) is 0 Å². The molecule has 2 N–H and O–H groups in total. The molecule has 2 aromatic rings. The monoisotopic (exact) mass is 401 g/mol. The van der Waals surface area contributed by atoms with Crippen molar-refractivity contribution in [1.29, 1.82) is 0 Å². The second kappa shape index (κ2) is 9.39. The van der Waals surface area contributed by atoms with Crippen molar-refractivity contribution >= 4 is 39.6 Å². The first-order chi connectivity index (χ1) is 12.1. The van der Waals surface area contributed by atoms with Crippen LogP contribution < -0.4 is 15.5 Å². The molecule has 0 atom stereocenters. The normalized spacial score (nSPS) is 10.3. The largest absolute Gasteiger partial charge is 0.490 e. The van der Waals surface area contributed by atoms with Gasteiger partial charge in [-0.2, -0.15) is 5.10 Å². The minimum absolute atomic E-state index is 0.428. The van der Waals surface area contributed by atoms with Gasteiger partial charge in [0.1, 0.15) is 12.4 Å². The summed E-state index contributed by atoms with van der Waals surface area (Å²) in [5.41, 5.74) is 3.44. The highest BCUT2D eigenvalue weighted by Crippen LogP contribution is 2.14. The standard InChI is InChI=1S/C18H16BrN3O3/c1-2-11-25-16-9-3-13(4-10-16)12-20-22-18(24)17(23)21-15-7-5-14(19)6-8-15/h2-10,12H,1,11H2,(H,21,23)(H,22,24). The zero-order valence-corrected chi connectivity index (χ0v) is 14.8. The van der Waals surface area contributed by atoms with E-state index >= 15 is 0 Å². The molecule has 2 amide bonds. The topological polar surface area (TPSA) is 79.8 Å². The van der Waals surface area contributed by atoms with Crippen LogP contribution in [0.3, 0.4) is 0 Å². The molecule has 0 heterocycles. The van der Waals surface area contributed by atoms with Crippen LogP contribution in [0.15, 0.2) is 70.8 Å². The Balaban J connectivity index is 1.83. The molecular formula is C18H16BrN3O3. The molecule has 0 saturated heterocycles. The molecule has 0 aliphatic rings. The molecule has 128 valence electrons. The molecule has 0 aliphatic heterocycles. The lowest BCUT2D eigenvalue weighted by molar-refractivity contribution is -0.136. The maximum Gasteiger partial charge on any atom is 0.329 e. The highest BCUT2D eigenvalue weighted by Gasteiger charge is 2.12. The van der Waals surface area contributed by atoms with Crippen LogP contribution in [0.5, 0.6) is 5.75 Å². The number of rotatable bonds is 6. The fourth-order valence-electron chi connectivity index (χ4n) is 1.74. The highest BCUT2D eigenvalue weighted by atomic mass is 79.9. The molecule has 0 fully saturated rings. The van der Waals surface area contributed by atoms with E-state index in [0.29, 0.717) is 18.0 Å². The summed E-state index contributed by atoms with van der Waals surface area (Å²) in [5, 5.41) is 6.23. The zero-order chi connectivity index (χ0) is 18.1. The Morgan fingerprint density at radius 1 is 1.08 bits per heavy atom. The Bertz CT molecular complexity index is 771. The number of hydrogen-bond donors (Lipinski definition) is 2. The quantitative estimate of drug-likeness (QED) is 0.337. The first kappa shape index (κ1) is 18.4. The summed E-state index contributed by atoms with van der Waals surface area (Å²) in [4.78, 5) is 23.5. The van der Waals surface area contributed by atoms with Gasteiger partial charge >= 0.3 is 11.8 Å². The van der Waals surface area contributed by atoms with Gasteiger partial charge in [0.15, 0.2) is 0 Å². The Morgan fingerprint density at radius 3 is 2.40 bits per heavy atom. The molecule has 0 aliphatic carbocycles. The molecule has 0 spiro atoms. The summed E-state index contributed by atoms with van der Waals surface area (Å²) in [6.07, 6.45) is 3.09. The minimum Gasteiger partial charge on any atom is -0.490 e. The number of hydrogen-bond acceptors (Lipinski definition) is 4. The number of amides is 2. The maximum absolute atomic E-state index is 11.8. The number of hydrazone groups is 1. The number of nitrogens with one attached hydrogen (secondary N) is 2. The van der Waals surface area contributed by atoms with Crippen LogP contribution >= 0.6 is 15.9 Å². The second-order valence-corrected chi connectivity index (χ2v) is 5.74. The van der Waals surface area contributed by atoms with Gasteiger partial charge in [-0.1, -0.05) is 28.6 Å². The number of nitrogens with zero attached hydrogens (tertiary/aromatic N) is 1. The van der Waals surface area contributed by atoms with Crippen LogP contribution in [-0.2, 0) is 9.59 Å². The van der Waals surface area contributed by atoms with Crippen molar-refractivity contribution in [2.75, 3.05) is 11.9 Å². The van der Waals surface area contributed by atoms with Crippen molar-refractivity contribution in [2.45, 2.75) is 0 Å². The van der Waals surface area contributed by atoms with E-state index in [1.807, 2.05) is 0 Å². The number of ether oxygens (including phenoxy) is 1. The lowest BCUT2D eigenvalue weighted by Crippen LogP contribution is -2.32. The molecular weight excluding hydrogens is 386 g/mol. The second-order valence-electron chi connectivity index (χ2n) is 4.83. The van der Waals surface area contributed by atoms with Crippen molar-refractivity contribution < 1.29 is 14.3 Å². The first-order valence-electron chi connectivity index (χ1n) is 7.32. The van der Waals surface area contributed by atoms with Gasteiger partial charge in [-0.15, -0.1) is 0 Å². The number of carbonyl (C=O) groups excluding carboxylic acids is 2. The van der Waals surface area contributed by atoms with Crippen molar-refractivity contribution in [3.8, 4) is 5.75 Å². The predicted octanol–water partition coefficient (Wildman–Crippen LogP) is 3.10. The highest BCUT2D eigenvalue weighted by molar-refractivity contribution is 9.10. The molecule has 2 aromatic carbocycles. The van der Waals surface area contributed by atoms with E-state index in [9.17, 15) is 9.59 Å². The number of halogens is 1. The Morgan fingerprint density at radius 2 is 1.76 bits per heavy atom. The van der Waals surface area contributed by atoms with Gasteiger partial charge in [0, 0.05) is 10.2 Å². The van der Waals surface area contributed by atoms with Gasteiger partial charge in [-0.3, -0.25) is 9.59 Å². The predicted molar refractivity (Wildman–Crippen MR) is 101 cm³/mol. The van der Waals surface area contributed by atoms with Crippen LogP contribution in [0.25, 0.3) is 0 Å². The maximum atomic E-state index is 11.8. The van der Waals surface area contributed by atoms with Crippen LogP contribution in [-0.4, -0.2) is 24.6 Å². The van der Waals surface area contributed by atoms with E-state index in [2.05, 4.69) is 38.4 Å². The summed E-state index contributed by atoms with van der Waals surface area (Å²) in [6.45, 7) is 4.00. The fourth-order valence-corrected chi connectivity index (χ4v) is 2.01. The van der Waals surface area contributed by atoms with Crippen LogP contribution in [0.1, 0.15) is 5.56 Å². The third-order valence-electron chi connectivity index (χ3n) is 2.94. The smallest absolute Gasteiger partial charge is 0.329 e. The van der Waals surface area contributed by atoms with Gasteiger partial charge in [-0.25, -0.2) is 5.43 Å². The lowest BCUT2D eigenvalue weighted by Gasteiger charge is -2.04. The summed E-state index contributed by atoms with van der Waals surface area (Å²) < 4.78 is 6.24. The van der Waals surface area contributed by atoms with Gasteiger partial charge in [0.05, 0.1) is 6.21 Å². The molecule has 0 unspecified atom stereocenters. The molecule has 25 heavy (non-hydrogen) atoms. The third-order valence-corrected chi connectivity index (χ3v) is 3.46. The SMILES string of the molecule is C=CCOc1ccc(C=NNC(=O)C(=O)Nc2ccc(Br)cc2)cc1. The molecule has 0 bridgehead atoms. The van der Waals surface area contributed by atoms with E-state index in [0.717, 1.165) is 10.0 Å².